The van der Waals surface area contributed by atoms with Crippen molar-refractivity contribution in [3.63, 3.8) is 0 Å². The van der Waals surface area contributed by atoms with Crippen molar-refractivity contribution in [2.24, 2.45) is 5.92 Å². The second kappa shape index (κ2) is 9.67. The first-order valence-corrected chi connectivity index (χ1v) is 12.6. The maximum absolute atomic E-state index is 10.9. The van der Waals surface area contributed by atoms with Crippen LogP contribution in [0.15, 0.2) is 25.3 Å². The number of morpholine rings is 1. The summed E-state index contributed by atoms with van der Waals surface area (Å²) in [4.78, 5) is 27.4. The number of nitrogen functional groups attached to an aromatic ring is 2. The Morgan fingerprint density at radius 3 is 2.16 bits per heavy atom. The van der Waals surface area contributed by atoms with Crippen LogP contribution in [-0.4, -0.2) is 98.2 Å². The molecule has 6 heterocycles. The number of aromatic nitrogens is 8. The van der Waals surface area contributed by atoms with Gasteiger partial charge in [-0.2, -0.15) is 0 Å². The highest BCUT2D eigenvalue weighted by Gasteiger charge is 2.45. The minimum Gasteiger partial charge on any atom is -0.387 e. The van der Waals surface area contributed by atoms with E-state index in [2.05, 4.69) is 48.7 Å². The average Bonchev–Trinajstić information content (AvgIpc) is 3.57. The van der Waals surface area contributed by atoms with Crippen molar-refractivity contribution in [2.75, 3.05) is 31.1 Å². The summed E-state index contributed by atoms with van der Waals surface area (Å²) in [7, 11) is 0. The molecule has 15 heteroatoms. The molecule has 2 fully saturated rings. The van der Waals surface area contributed by atoms with Gasteiger partial charge in [0.25, 0.3) is 0 Å². The SMILES string of the molecule is CC(C)CC1CN(CC2OC(n3cnc4c(N)ncnc43)[C@H](O)[C@@H]2O)CC(n2cnc3c(N)ncnc32)O1. The molecule has 6 atom stereocenters. The van der Waals surface area contributed by atoms with Crippen molar-refractivity contribution in [2.45, 2.75) is 57.1 Å². The lowest BCUT2D eigenvalue weighted by Gasteiger charge is -2.40. The molecule has 0 saturated carbocycles. The number of imidazole rings is 2. The second-order valence-electron chi connectivity index (χ2n) is 10.3. The maximum atomic E-state index is 10.9. The summed E-state index contributed by atoms with van der Waals surface area (Å²) in [6.45, 7) is 5.80. The smallest absolute Gasteiger partial charge is 0.167 e. The van der Waals surface area contributed by atoms with Gasteiger partial charge in [-0.05, 0) is 12.3 Å². The summed E-state index contributed by atoms with van der Waals surface area (Å²) < 4.78 is 16.1. The van der Waals surface area contributed by atoms with Crippen molar-refractivity contribution in [1.82, 2.24) is 43.9 Å². The van der Waals surface area contributed by atoms with Gasteiger partial charge in [0.05, 0.1) is 18.8 Å². The third-order valence-corrected chi connectivity index (χ3v) is 7.09. The van der Waals surface area contributed by atoms with Crippen LogP contribution in [0.1, 0.15) is 32.7 Å². The predicted molar refractivity (Wildman–Crippen MR) is 135 cm³/mol. The number of hydrogen-bond donors (Lipinski definition) is 4. The van der Waals surface area contributed by atoms with E-state index in [1.807, 2.05) is 4.57 Å². The van der Waals surface area contributed by atoms with E-state index in [4.69, 9.17) is 20.9 Å². The fourth-order valence-electron chi connectivity index (χ4n) is 5.35. The molecule has 38 heavy (non-hydrogen) atoms. The van der Waals surface area contributed by atoms with Crippen LogP contribution in [0, 0.1) is 5.92 Å². The number of aliphatic hydroxyl groups excluding tert-OH is 2. The van der Waals surface area contributed by atoms with Crippen LogP contribution in [-0.2, 0) is 9.47 Å². The van der Waals surface area contributed by atoms with Crippen molar-refractivity contribution >= 4 is 34.0 Å². The van der Waals surface area contributed by atoms with E-state index in [9.17, 15) is 10.2 Å². The van der Waals surface area contributed by atoms with Crippen molar-refractivity contribution in [3.05, 3.63) is 25.3 Å². The largest absolute Gasteiger partial charge is 0.387 e. The van der Waals surface area contributed by atoms with Crippen molar-refractivity contribution < 1.29 is 19.7 Å². The first-order chi connectivity index (χ1) is 18.3. The fraction of sp³-hybridized carbons (Fsp3) is 0.565. The Labute approximate surface area is 217 Å². The monoisotopic (exact) mass is 525 g/mol. The number of hydrogen-bond acceptors (Lipinski definition) is 13. The Kier molecular flexibility index (Phi) is 6.31. The molecule has 0 aromatic carbocycles. The van der Waals surface area contributed by atoms with Gasteiger partial charge in [-0.3, -0.25) is 14.0 Å². The minimum absolute atomic E-state index is 0.0677. The quantitative estimate of drug-likeness (QED) is 0.256. The summed E-state index contributed by atoms with van der Waals surface area (Å²) >= 11 is 0. The summed E-state index contributed by atoms with van der Waals surface area (Å²) in [5.74, 6) is 0.955. The molecule has 2 saturated heterocycles. The van der Waals surface area contributed by atoms with E-state index >= 15 is 0 Å². The molecule has 15 nitrogen and oxygen atoms in total. The van der Waals surface area contributed by atoms with Crippen molar-refractivity contribution in [3.8, 4) is 0 Å². The molecular formula is C23H31N11O4. The van der Waals surface area contributed by atoms with E-state index in [0.717, 1.165) is 6.42 Å². The van der Waals surface area contributed by atoms with E-state index < -0.39 is 24.5 Å². The zero-order valence-electron chi connectivity index (χ0n) is 21.1. The van der Waals surface area contributed by atoms with Crippen LogP contribution in [0.4, 0.5) is 11.6 Å². The van der Waals surface area contributed by atoms with Gasteiger partial charge >= 0.3 is 0 Å². The Morgan fingerprint density at radius 2 is 1.50 bits per heavy atom. The van der Waals surface area contributed by atoms with Gasteiger partial charge in [0, 0.05) is 19.6 Å². The number of nitrogens with two attached hydrogens (primary N) is 2. The fourth-order valence-corrected chi connectivity index (χ4v) is 5.35. The Balaban J connectivity index is 1.24. The molecule has 0 amide bonds. The van der Waals surface area contributed by atoms with Crippen molar-refractivity contribution in [1.29, 1.82) is 0 Å². The zero-order chi connectivity index (χ0) is 26.6. The number of rotatable bonds is 6. The van der Waals surface area contributed by atoms with Gasteiger partial charge in [0.15, 0.2) is 29.2 Å². The van der Waals surface area contributed by atoms with Gasteiger partial charge in [-0.25, -0.2) is 29.9 Å². The average molecular weight is 526 g/mol. The molecule has 0 bridgehead atoms. The van der Waals surface area contributed by atoms with E-state index in [-0.39, 0.29) is 18.1 Å². The Hall–Kier alpha value is -3.50. The lowest BCUT2D eigenvalue weighted by Crippen LogP contribution is -2.50. The second-order valence-corrected chi connectivity index (χ2v) is 10.3. The Morgan fingerprint density at radius 1 is 0.868 bits per heavy atom. The Bertz CT molecular complexity index is 1440. The maximum Gasteiger partial charge on any atom is 0.167 e. The molecule has 4 aromatic rings. The molecule has 0 aliphatic carbocycles. The zero-order valence-corrected chi connectivity index (χ0v) is 21.1. The van der Waals surface area contributed by atoms with Crippen LogP contribution in [0.5, 0.6) is 0 Å². The summed E-state index contributed by atoms with van der Waals surface area (Å²) in [5.41, 5.74) is 13.8. The van der Waals surface area contributed by atoms with Gasteiger partial charge in [-0.1, -0.05) is 13.8 Å². The molecule has 6 N–H and O–H groups in total. The van der Waals surface area contributed by atoms with Crippen LogP contribution < -0.4 is 11.5 Å². The number of aliphatic hydroxyl groups is 2. The minimum atomic E-state index is -1.19. The number of anilines is 2. The summed E-state index contributed by atoms with van der Waals surface area (Å²) in [6, 6.07) is 0. The molecule has 0 radical (unpaired) electrons. The van der Waals surface area contributed by atoms with E-state index in [1.165, 1.54) is 19.0 Å². The molecule has 6 rings (SSSR count). The molecule has 2 aliphatic rings. The standard InChI is InChI=1S/C23H31N11O4/c1-11(2)3-12-4-32(6-14(37-12)33-9-30-15-19(24)26-7-28-21(15)33)5-13-17(35)18(36)23(38-13)34-10-31-16-20(25)27-8-29-22(16)34/h7-14,17-18,23,35-36H,3-6H2,1-2H3,(H2,24,26,28)(H2,25,27,29)/t12?,13?,14?,17-,18-,23?/m1/s1. The van der Waals surface area contributed by atoms with Crippen LogP contribution in [0.3, 0.4) is 0 Å². The van der Waals surface area contributed by atoms with Gasteiger partial charge in [-0.15, -0.1) is 0 Å². The van der Waals surface area contributed by atoms with Crippen LogP contribution >= 0.6 is 0 Å². The van der Waals surface area contributed by atoms with E-state index in [0.29, 0.717) is 53.7 Å². The highest BCUT2D eigenvalue weighted by Crippen LogP contribution is 2.34. The lowest BCUT2D eigenvalue weighted by atomic mass is 10.0. The molecule has 4 aromatic heterocycles. The number of ether oxygens (including phenoxy) is 2. The molecule has 0 spiro atoms. The highest BCUT2D eigenvalue weighted by atomic mass is 16.6. The van der Waals surface area contributed by atoms with E-state index in [1.54, 1.807) is 10.9 Å². The predicted octanol–water partition coefficient (Wildman–Crippen LogP) is -0.305. The summed E-state index contributed by atoms with van der Waals surface area (Å²) in [5, 5.41) is 21.8. The van der Waals surface area contributed by atoms with Gasteiger partial charge < -0.3 is 31.2 Å². The van der Waals surface area contributed by atoms with Crippen LogP contribution in [0.25, 0.3) is 22.3 Å². The lowest BCUT2D eigenvalue weighted by molar-refractivity contribution is -0.136. The third-order valence-electron chi connectivity index (χ3n) is 7.09. The number of nitrogens with zero attached hydrogens (tertiary/aromatic N) is 9. The third kappa shape index (κ3) is 4.31. The molecular weight excluding hydrogens is 494 g/mol. The topological polar surface area (TPSA) is 201 Å². The number of fused-ring (bicyclic) bond motifs is 2. The normalized spacial score (nSPS) is 28.7. The summed E-state index contributed by atoms with van der Waals surface area (Å²) in [6.07, 6.45) is 2.42. The molecule has 4 unspecified atom stereocenters. The van der Waals surface area contributed by atoms with Gasteiger partial charge in [0.1, 0.15) is 48.2 Å². The first-order valence-electron chi connectivity index (χ1n) is 12.6. The highest BCUT2D eigenvalue weighted by molar-refractivity contribution is 5.81. The molecule has 2 aliphatic heterocycles. The van der Waals surface area contributed by atoms with Gasteiger partial charge in [0.2, 0.25) is 0 Å². The van der Waals surface area contributed by atoms with Crippen LogP contribution in [0.2, 0.25) is 0 Å². The molecule has 202 valence electrons. The first kappa shape index (κ1) is 24.8.